The number of nitrogen functional groups attached to an aromatic ring is 1. The highest BCUT2D eigenvalue weighted by Gasteiger charge is 2.40. The predicted octanol–water partition coefficient (Wildman–Crippen LogP) is 1.77. The SMILES string of the molecule is CC(C)Oc1cc(N)cc(N2CCCC3C(=O)NCC32)c1. The van der Waals surface area contributed by atoms with Gasteiger partial charge >= 0.3 is 0 Å². The number of nitrogens with two attached hydrogens (primary N) is 1. The molecule has 1 aromatic carbocycles. The lowest BCUT2D eigenvalue weighted by Gasteiger charge is -2.38. The van der Waals surface area contributed by atoms with Gasteiger partial charge in [0.05, 0.1) is 18.1 Å². The van der Waals surface area contributed by atoms with Crippen LogP contribution in [-0.2, 0) is 4.79 Å². The molecule has 2 saturated heterocycles. The molecule has 2 fully saturated rings. The van der Waals surface area contributed by atoms with Gasteiger partial charge in [0.15, 0.2) is 0 Å². The van der Waals surface area contributed by atoms with Crippen molar-refractivity contribution in [3.63, 3.8) is 0 Å². The monoisotopic (exact) mass is 289 g/mol. The van der Waals surface area contributed by atoms with Gasteiger partial charge in [-0.25, -0.2) is 0 Å². The van der Waals surface area contributed by atoms with Gasteiger partial charge in [0.1, 0.15) is 5.75 Å². The number of carbonyl (C=O) groups excluding carboxylic acids is 1. The lowest BCUT2D eigenvalue weighted by Crippen LogP contribution is -2.45. The molecule has 2 unspecified atom stereocenters. The zero-order chi connectivity index (χ0) is 15.0. The highest BCUT2D eigenvalue weighted by Crippen LogP contribution is 2.34. The number of piperidine rings is 1. The Kier molecular flexibility index (Phi) is 3.66. The molecule has 0 aromatic heterocycles. The number of ether oxygens (including phenoxy) is 1. The van der Waals surface area contributed by atoms with Crippen LogP contribution in [0.3, 0.4) is 0 Å². The van der Waals surface area contributed by atoms with Crippen LogP contribution in [0, 0.1) is 5.92 Å². The zero-order valence-electron chi connectivity index (χ0n) is 12.6. The number of carbonyl (C=O) groups is 1. The molecule has 1 aromatic rings. The highest BCUT2D eigenvalue weighted by atomic mass is 16.5. The molecule has 0 spiro atoms. The van der Waals surface area contributed by atoms with Gasteiger partial charge in [-0.05, 0) is 32.8 Å². The van der Waals surface area contributed by atoms with E-state index in [0.717, 1.165) is 37.4 Å². The van der Waals surface area contributed by atoms with Crippen LogP contribution < -0.4 is 20.7 Å². The Morgan fingerprint density at radius 1 is 1.38 bits per heavy atom. The van der Waals surface area contributed by atoms with Gasteiger partial charge in [0, 0.05) is 36.6 Å². The van der Waals surface area contributed by atoms with Crippen molar-refractivity contribution in [3.8, 4) is 5.75 Å². The average Bonchev–Trinajstić information content (AvgIpc) is 2.79. The van der Waals surface area contributed by atoms with Gasteiger partial charge in [-0.15, -0.1) is 0 Å². The van der Waals surface area contributed by atoms with Crippen LogP contribution in [-0.4, -0.2) is 31.1 Å². The number of rotatable bonds is 3. The molecule has 2 atom stereocenters. The van der Waals surface area contributed by atoms with Crippen molar-refractivity contribution < 1.29 is 9.53 Å². The maximum Gasteiger partial charge on any atom is 0.225 e. The molecule has 21 heavy (non-hydrogen) atoms. The van der Waals surface area contributed by atoms with E-state index in [4.69, 9.17) is 10.5 Å². The smallest absolute Gasteiger partial charge is 0.225 e. The van der Waals surface area contributed by atoms with Crippen molar-refractivity contribution in [1.29, 1.82) is 0 Å². The first-order valence-corrected chi connectivity index (χ1v) is 7.66. The molecule has 3 rings (SSSR count). The lowest BCUT2D eigenvalue weighted by molar-refractivity contribution is -0.122. The van der Waals surface area contributed by atoms with Gasteiger partial charge in [-0.1, -0.05) is 0 Å². The van der Waals surface area contributed by atoms with Crippen molar-refractivity contribution in [2.75, 3.05) is 23.7 Å². The van der Waals surface area contributed by atoms with E-state index < -0.39 is 0 Å². The van der Waals surface area contributed by atoms with E-state index in [1.165, 1.54) is 0 Å². The first kappa shape index (κ1) is 14.0. The molecule has 5 nitrogen and oxygen atoms in total. The summed E-state index contributed by atoms with van der Waals surface area (Å²) in [7, 11) is 0. The minimum absolute atomic E-state index is 0.106. The predicted molar refractivity (Wildman–Crippen MR) is 83.5 cm³/mol. The number of nitrogens with one attached hydrogen (secondary N) is 1. The fourth-order valence-corrected chi connectivity index (χ4v) is 3.38. The maximum atomic E-state index is 11.9. The van der Waals surface area contributed by atoms with Gasteiger partial charge in [0.25, 0.3) is 0 Å². The van der Waals surface area contributed by atoms with E-state index in [1.807, 2.05) is 32.0 Å². The molecule has 1 amide bonds. The summed E-state index contributed by atoms with van der Waals surface area (Å²) in [4.78, 5) is 14.2. The van der Waals surface area contributed by atoms with Crippen LogP contribution in [0.15, 0.2) is 18.2 Å². The molecule has 2 aliphatic rings. The minimum Gasteiger partial charge on any atom is -0.491 e. The van der Waals surface area contributed by atoms with Gasteiger partial charge in [0.2, 0.25) is 5.91 Å². The second kappa shape index (κ2) is 5.47. The topological polar surface area (TPSA) is 67.6 Å². The summed E-state index contributed by atoms with van der Waals surface area (Å²) in [5.41, 5.74) is 7.77. The molecular formula is C16H23N3O2. The Bertz CT molecular complexity index is 544. The number of nitrogens with zero attached hydrogens (tertiary/aromatic N) is 1. The number of anilines is 2. The fourth-order valence-electron chi connectivity index (χ4n) is 3.38. The van der Waals surface area contributed by atoms with Crippen LogP contribution in [0.1, 0.15) is 26.7 Å². The molecule has 0 saturated carbocycles. The van der Waals surface area contributed by atoms with E-state index in [-0.39, 0.29) is 24.0 Å². The summed E-state index contributed by atoms with van der Waals surface area (Å²) < 4.78 is 5.77. The van der Waals surface area contributed by atoms with Crippen LogP contribution in [0.25, 0.3) is 0 Å². The molecule has 114 valence electrons. The van der Waals surface area contributed by atoms with E-state index in [2.05, 4.69) is 10.2 Å². The van der Waals surface area contributed by atoms with Crippen molar-refractivity contribution in [3.05, 3.63) is 18.2 Å². The molecule has 0 radical (unpaired) electrons. The van der Waals surface area contributed by atoms with Gasteiger partial charge < -0.3 is 20.7 Å². The van der Waals surface area contributed by atoms with E-state index in [1.54, 1.807) is 0 Å². The van der Waals surface area contributed by atoms with E-state index in [9.17, 15) is 4.79 Å². The number of benzene rings is 1. The minimum atomic E-state index is 0.106. The summed E-state index contributed by atoms with van der Waals surface area (Å²) in [5, 5.41) is 2.98. The second-order valence-corrected chi connectivity index (χ2v) is 6.18. The summed E-state index contributed by atoms with van der Waals surface area (Å²) in [6, 6.07) is 6.09. The molecule has 0 aliphatic carbocycles. The second-order valence-electron chi connectivity index (χ2n) is 6.18. The van der Waals surface area contributed by atoms with Crippen molar-refractivity contribution in [2.45, 2.75) is 38.8 Å². The summed E-state index contributed by atoms with van der Waals surface area (Å²) in [6.07, 6.45) is 2.12. The largest absolute Gasteiger partial charge is 0.491 e. The molecule has 2 heterocycles. The fraction of sp³-hybridized carbons (Fsp3) is 0.562. The Morgan fingerprint density at radius 2 is 2.19 bits per heavy atom. The quantitative estimate of drug-likeness (QED) is 0.832. The zero-order valence-corrected chi connectivity index (χ0v) is 12.6. The Labute approximate surface area is 125 Å². The van der Waals surface area contributed by atoms with Crippen molar-refractivity contribution >= 4 is 17.3 Å². The van der Waals surface area contributed by atoms with E-state index >= 15 is 0 Å². The van der Waals surface area contributed by atoms with Crippen molar-refractivity contribution in [2.24, 2.45) is 5.92 Å². The highest BCUT2D eigenvalue weighted by molar-refractivity contribution is 5.83. The first-order valence-electron chi connectivity index (χ1n) is 7.66. The summed E-state index contributed by atoms with van der Waals surface area (Å²) >= 11 is 0. The number of hydrogen-bond donors (Lipinski definition) is 2. The van der Waals surface area contributed by atoms with Gasteiger partial charge in [-0.2, -0.15) is 0 Å². The lowest BCUT2D eigenvalue weighted by atomic mass is 9.91. The van der Waals surface area contributed by atoms with Crippen molar-refractivity contribution in [1.82, 2.24) is 5.32 Å². The molecule has 2 aliphatic heterocycles. The average molecular weight is 289 g/mol. The molecule has 5 heteroatoms. The molecule has 0 bridgehead atoms. The first-order chi connectivity index (χ1) is 10.0. The third-order valence-electron chi connectivity index (χ3n) is 4.22. The summed E-state index contributed by atoms with van der Waals surface area (Å²) in [6.45, 7) is 5.68. The third kappa shape index (κ3) is 2.77. The van der Waals surface area contributed by atoms with Crippen LogP contribution in [0.2, 0.25) is 0 Å². The standard InChI is InChI=1S/C16H23N3O2/c1-10(2)21-13-7-11(17)6-12(8-13)19-5-3-4-14-15(19)9-18-16(14)20/h6-8,10,14-15H,3-5,9,17H2,1-2H3,(H,18,20). The maximum absolute atomic E-state index is 11.9. The number of fused-ring (bicyclic) bond motifs is 1. The number of hydrogen-bond acceptors (Lipinski definition) is 4. The molecular weight excluding hydrogens is 266 g/mol. The van der Waals surface area contributed by atoms with Gasteiger partial charge in [-0.3, -0.25) is 4.79 Å². The number of amides is 1. The molecule has 3 N–H and O–H groups in total. The summed E-state index contributed by atoms with van der Waals surface area (Å²) in [5.74, 6) is 1.08. The normalized spacial score (nSPS) is 24.9. The Hall–Kier alpha value is -1.91. The Morgan fingerprint density at radius 3 is 2.95 bits per heavy atom. The Balaban J connectivity index is 1.88. The van der Waals surface area contributed by atoms with E-state index in [0.29, 0.717) is 5.69 Å². The third-order valence-corrected chi connectivity index (χ3v) is 4.22. The van der Waals surface area contributed by atoms with Crippen LogP contribution in [0.5, 0.6) is 5.75 Å². The van der Waals surface area contributed by atoms with Crippen LogP contribution >= 0.6 is 0 Å². The van der Waals surface area contributed by atoms with Crippen LogP contribution in [0.4, 0.5) is 11.4 Å².